The van der Waals surface area contributed by atoms with Crippen molar-refractivity contribution in [2.45, 2.75) is 30.6 Å². The van der Waals surface area contributed by atoms with Crippen LogP contribution in [0.1, 0.15) is 25.7 Å². The molecule has 4 aromatic rings. The summed E-state index contributed by atoms with van der Waals surface area (Å²) in [5, 5.41) is 4.39. The van der Waals surface area contributed by atoms with Crippen LogP contribution in [-0.2, 0) is 16.0 Å². The van der Waals surface area contributed by atoms with Gasteiger partial charge in [0.25, 0.3) is 0 Å². The Balaban J connectivity index is 1.46. The van der Waals surface area contributed by atoms with Crippen molar-refractivity contribution in [3.8, 4) is 33.9 Å². The number of rotatable bonds is 5. The lowest BCUT2D eigenvalue weighted by Gasteiger charge is -2.31. The Kier molecular flexibility index (Phi) is 4.80. The van der Waals surface area contributed by atoms with E-state index in [1.165, 1.54) is 0 Å². The third kappa shape index (κ3) is 3.28. The van der Waals surface area contributed by atoms with Gasteiger partial charge in [-0.1, -0.05) is 30.3 Å². The third-order valence-electron chi connectivity index (χ3n) is 5.69. The zero-order valence-corrected chi connectivity index (χ0v) is 17.0. The summed E-state index contributed by atoms with van der Waals surface area (Å²) >= 11 is -2.22. The van der Waals surface area contributed by atoms with E-state index in [2.05, 4.69) is 20.1 Å². The van der Waals surface area contributed by atoms with Crippen molar-refractivity contribution in [2.75, 3.05) is 0 Å². The van der Waals surface area contributed by atoms with E-state index < -0.39 is 16.0 Å². The van der Waals surface area contributed by atoms with Gasteiger partial charge in [-0.2, -0.15) is 5.10 Å². The van der Waals surface area contributed by atoms with E-state index in [4.69, 9.17) is 0 Å². The molecule has 8 heteroatoms. The molecule has 1 aliphatic carbocycles. The molecule has 3 aromatic heterocycles. The van der Waals surface area contributed by atoms with Gasteiger partial charge in [0.1, 0.15) is 10.6 Å². The summed E-state index contributed by atoms with van der Waals surface area (Å²) < 4.78 is 25.5. The molecule has 1 unspecified atom stereocenters. The molecular formula is C22H20N5O2S-. The minimum absolute atomic E-state index is 0.598. The Morgan fingerprint density at radius 2 is 1.80 bits per heavy atom. The summed E-state index contributed by atoms with van der Waals surface area (Å²) in [6.07, 6.45) is 10.0. The van der Waals surface area contributed by atoms with Crippen molar-refractivity contribution in [1.29, 1.82) is 0 Å². The Bertz CT molecular complexity index is 1190. The normalized spacial score (nSPS) is 16.6. The molecule has 5 rings (SSSR count). The molecule has 1 N–H and O–H groups in total. The molecule has 0 bridgehead atoms. The molecule has 30 heavy (non-hydrogen) atoms. The van der Waals surface area contributed by atoms with E-state index in [1.807, 2.05) is 48.7 Å². The molecule has 0 aliphatic heterocycles. The first-order chi connectivity index (χ1) is 14.7. The summed E-state index contributed by atoms with van der Waals surface area (Å²) in [6.45, 7) is 0. The first-order valence-electron chi connectivity index (χ1n) is 9.87. The highest BCUT2D eigenvalue weighted by Crippen LogP contribution is 2.39. The lowest BCUT2D eigenvalue weighted by molar-refractivity contribution is 0.360. The molecule has 1 aliphatic rings. The van der Waals surface area contributed by atoms with E-state index in [9.17, 15) is 8.76 Å². The van der Waals surface area contributed by atoms with Gasteiger partial charge in [0.2, 0.25) is 0 Å². The molecule has 0 radical (unpaired) electrons. The number of nitrogens with one attached hydrogen (secondary N) is 1. The molecule has 1 aromatic carbocycles. The lowest BCUT2D eigenvalue weighted by atomic mass is 10.1. The highest BCUT2D eigenvalue weighted by atomic mass is 32.2. The third-order valence-corrected chi connectivity index (χ3v) is 6.91. The second-order valence-corrected chi connectivity index (χ2v) is 8.73. The largest absolute Gasteiger partial charge is 0.770 e. The van der Waals surface area contributed by atoms with Crippen LogP contribution in [0.4, 0.5) is 0 Å². The van der Waals surface area contributed by atoms with Crippen molar-refractivity contribution < 1.29 is 8.76 Å². The van der Waals surface area contributed by atoms with Gasteiger partial charge in [0.05, 0.1) is 18.1 Å². The molecule has 152 valence electrons. The van der Waals surface area contributed by atoms with Gasteiger partial charge in [-0.3, -0.25) is 13.9 Å². The maximum atomic E-state index is 11.9. The van der Waals surface area contributed by atoms with E-state index in [1.54, 1.807) is 23.3 Å². The van der Waals surface area contributed by atoms with Crippen molar-refractivity contribution in [2.24, 2.45) is 0 Å². The maximum absolute atomic E-state index is 11.9. The number of H-pyrrole nitrogens is 1. The Labute approximate surface area is 176 Å². The fourth-order valence-corrected chi connectivity index (χ4v) is 4.92. The zero-order valence-electron chi connectivity index (χ0n) is 16.2. The van der Waals surface area contributed by atoms with Crippen LogP contribution in [-0.4, -0.2) is 33.5 Å². The van der Waals surface area contributed by atoms with E-state index in [0.717, 1.165) is 35.2 Å². The zero-order chi connectivity index (χ0) is 20.6. The second-order valence-electron chi connectivity index (χ2n) is 7.50. The van der Waals surface area contributed by atoms with Crippen molar-refractivity contribution in [3.63, 3.8) is 0 Å². The van der Waals surface area contributed by atoms with Crippen LogP contribution in [0.5, 0.6) is 0 Å². The second kappa shape index (κ2) is 7.62. The smallest absolute Gasteiger partial charge is 0.156 e. The average molecular weight is 419 g/mol. The minimum atomic E-state index is -2.22. The Morgan fingerprint density at radius 3 is 2.57 bits per heavy atom. The van der Waals surface area contributed by atoms with Gasteiger partial charge >= 0.3 is 0 Å². The maximum Gasteiger partial charge on any atom is 0.156 e. The number of hydrogen-bond acceptors (Lipinski definition) is 5. The molecule has 1 saturated carbocycles. The van der Waals surface area contributed by atoms with Gasteiger partial charge in [-0.15, -0.1) is 0 Å². The van der Waals surface area contributed by atoms with Crippen LogP contribution in [0.15, 0.2) is 67.3 Å². The molecule has 0 spiro atoms. The summed E-state index contributed by atoms with van der Waals surface area (Å²) in [5.74, 6) is 0.677. The van der Waals surface area contributed by atoms with Gasteiger partial charge in [0.15, 0.2) is 5.82 Å². The van der Waals surface area contributed by atoms with Crippen molar-refractivity contribution in [1.82, 2.24) is 24.7 Å². The Morgan fingerprint density at radius 1 is 1.00 bits per heavy atom. The number of benzene rings is 1. The molecule has 7 nitrogen and oxygen atoms in total. The number of nitrogens with zero attached hydrogens (tertiary/aromatic N) is 4. The van der Waals surface area contributed by atoms with Gasteiger partial charge in [-0.05, 0) is 60.0 Å². The van der Waals surface area contributed by atoms with Crippen LogP contribution in [0.2, 0.25) is 0 Å². The van der Waals surface area contributed by atoms with Gasteiger partial charge < -0.3 is 9.54 Å². The quantitative estimate of drug-likeness (QED) is 0.492. The fraction of sp³-hybridized carbons (Fsp3) is 0.227. The molecule has 0 amide bonds. The predicted octanol–water partition coefficient (Wildman–Crippen LogP) is 4.11. The highest BCUT2D eigenvalue weighted by molar-refractivity contribution is 7.80. The van der Waals surface area contributed by atoms with E-state index in [0.29, 0.717) is 24.4 Å². The number of imidazole rings is 1. The molecule has 0 saturated heterocycles. The molecular weight excluding hydrogens is 398 g/mol. The highest BCUT2D eigenvalue weighted by Gasteiger charge is 2.38. The fourth-order valence-electron chi connectivity index (χ4n) is 4.05. The number of aromatic amines is 1. The van der Waals surface area contributed by atoms with Crippen LogP contribution in [0.3, 0.4) is 0 Å². The Hall–Kier alpha value is -3.10. The summed E-state index contributed by atoms with van der Waals surface area (Å²) in [6, 6.07) is 13.8. The standard InChI is InChI=1S/C22H21N5O2S/c28-30(29)22(9-4-5-10-22)27-15-18(13-25-27)17-8-11-23-19(12-17)21-24-14-20(26-21)16-6-2-1-3-7-16/h1-3,6-8,11-15H,4-5,9-10H2,(H,24,26)(H,28,29)/p-1. The summed E-state index contributed by atoms with van der Waals surface area (Å²) in [5.41, 5.74) is 4.46. The molecule has 1 fully saturated rings. The number of aromatic nitrogens is 5. The SMILES string of the molecule is O=S([O-])C1(n2cc(-c3ccnc(-c4ncc(-c5ccccc5)[nH]4)c3)cn2)CCCC1. The van der Waals surface area contributed by atoms with Crippen molar-refractivity contribution >= 4 is 11.1 Å². The van der Waals surface area contributed by atoms with E-state index >= 15 is 0 Å². The van der Waals surface area contributed by atoms with Crippen LogP contribution < -0.4 is 0 Å². The first-order valence-corrected chi connectivity index (χ1v) is 10.9. The number of pyridine rings is 1. The summed E-state index contributed by atoms with van der Waals surface area (Å²) in [4.78, 5) is 11.3. The monoisotopic (exact) mass is 418 g/mol. The predicted molar refractivity (Wildman–Crippen MR) is 114 cm³/mol. The van der Waals surface area contributed by atoms with E-state index in [-0.39, 0.29) is 0 Å². The van der Waals surface area contributed by atoms with Gasteiger partial charge in [-0.25, -0.2) is 4.98 Å². The first kappa shape index (κ1) is 18.9. The topological polar surface area (TPSA) is 99.5 Å². The minimum Gasteiger partial charge on any atom is -0.770 e. The number of hydrogen-bond donors (Lipinski definition) is 1. The lowest BCUT2D eigenvalue weighted by Crippen LogP contribution is -2.35. The van der Waals surface area contributed by atoms with Gasteiger partial charge in [0, 0.05) is 18.0 Å². The van der Waals surface area contributed by atoms with Crippen LogP contribution in [0.25, 0.3) is 33.9 Å². The molecule has 3 heterocycles. The summed E-state index contributed by atoms with van der Waals surface area (Å²) in [7, 11) is 0. The molecule has 1 atom stereocenters. The average Bonchev–Trinajstić information content (AvgIpc) is 3.55. The van der Waals surface area contributed by atoms with Crippen LogP contribution >= 0.6 is 0 Å². The van der Waals surface area contributed by atoms with Crippen molar-refractivity contribution in [3.05, 3.63) is 67.3 Å². The van der Waals surface area contributed by atoms with Crippen LogP contribution in [0, 0.1) is 0 Å².